The van der Waals surface area contributed by atoms with Crippen molar-refractivity contribution < 1.29 is 13.2 Å². The van der Waals surface area contributed by atoms with Crippen molar-refractivity contribution in [3.05, 3.63) is 94.0 Å². The van der Waals surface area contributed by atoms with Crippen molar-refractivity contribution in [3.63, 3.8) is 0 Å². The van der Waals surface area contributed by atoms with Crippen LogP contribution >= 0.6 is 0 Å². The summed E-state index contributed by atoms with van der Waals surface area (Å²) in [5.74, 6) is -0.164. The summed E-state index contributed by atoms with van der Waals surface area (Å²) in [5, 5.41) is 0. The van der Waals surface area contributed by atoms with Gasteiger partial charge in [-0.1, -0.05) is 60.2 Å². The molecule has 196 valence electrons. The number of benzene rings is 3. The zero-order valence-corrected chi connectivity index (χ0v) is 23.3. The highest BCUT2D eigenvalue weighted by atomic mass is 32.2. The molecule has 0 aromatic heterocycles. The molecular formula is C30H37N3O3S. The molecule has 0 atom stereocenters. The third-order valence-corrected chi connectivity index (χ3v) is 9.36. The molecule has 1 fully saturated rings. The van der Waals surface area contributed by atoms with E-state index in [1.54, 1.807) is 4.90 Å². The van der Waals surface area contributed by atoms with Gasteiger partial charge in [-0.25, -0.2) is 8.42 Å². The largest absolute Gasteiger partial charge is 0.368 e. The normalized spacial score (nSPS) is 14.3. The van der Waals surface area contributed by atoms with Gasteiger partial charge in [-0.3, -0.25) is 4.79 Å². The van der Waals surface area contributed by atoms with Gasteiger partial charge in [0.1, 0.15) is 0 Å². The molecule has 3 aromatic carbocycles. The Bertz CT molecular complexity index is 1360. The lowest BCUT2D eigenvalue weighted by molar-refractivity contribution is -0.131. The van der Waals surface area contributed by atoms with Gasteiger partial charge in [0, 0.05) is 38.4 Å². The summed E-state index contributed by atoms with van der Waals surface area (Å²) in [6.45, 7) is 12.4. The number of sulfonamides is 1. The van der Waals surface area contributed by atoms with Crippen LogP contribution in [0.15, 0.2) is 65.6 Å². The van der Waals surface area contributed by atoms with E-state index >= 15 is 0 Å². The van der Waals surface area contributed by atoms with Gasteiger partial charge < -0.3 is 9.80 Å². The first-order chi connectivity index (χ1) is 17.6. The molecule has 3 aromatic rings. The number of piperazine rings is 1. The molecule has 0 spiro atoms. The first-order valence-electron chi connectivity index (χ1n) is 12.8. The number of anilines is 1. The monoisotopic (exact) mass is 519 g/mol. The lowest BCUT2D eigenvalue weighted by Gasteiger charge is -2.37. The molecule has 1 aliphatic rings. The fourth-order valence-corrected chi connectivity index (χ4v) is 7.03. The van der Waals surface area contributed by atoms with Crippen LogP contribution in [0.3, 0.4) is 0 Å². The lowest BCUT2D eigenvalue weighted by Crippen LogP contribution is -2.52. The van der Waals surface area contributed by atoms with Crippen molar-refractivity contribution in [1.82, 2.24) is 9.21 Å². The van der Waals surface area contributed by atoms with Crippen molar-refractivity contribution in [2.45, 2.75) is 46.1 Å². The molecule has 1 amide bonds. The SMILES string of the molecule is Cc1cc(C)c(S(=O)(=O)N(CC(=O)N2CCN(c3cccc(C)c3C)CC2)Cc2ccccc2)c(C)c1. The average molecular weight is 520 g/mol. The van der Waals surface area contributed by atoms with Gasteiger partial charge in [0.25, 0.3) is 0 Å². The summed E-state index contributed by atoms with van der Waals surface area (Å²) in [5.41, 5.74) is 6.97. The van der Waals surface area contributed by atoms with Crippen LogP contribution in [0.4, 0.5) is 5.69 Å². The minimum atomic E-state index is -3.90. The Kier molecular flexibility index (Phi) is 8.05. The summed E-state index contributed by atoms with van der Waals surface area (Å²) < 4.78 is 29.3. The molecule has 0 aliphatic carbocycles. The minimum Gasteiger partial charge on any atom is -0.368 e. The number of hydrogen-bond donors (Lipinski definition) is 0. The van der Waals surface area contributed by atoms with E-state index in [1.807, 2.05) is 63.2 Å². The number of hydrogen-bond acceptors (Lipinski definition) is 4. The van der Waals surface area contributed by atoms with Crippen molar-refractivity contribution >= 4 is 21.6 Å². The summed E-state index contributed by atoms with van der Waals surface area (Å²) in [7, 11) is -3.90. The Morgan fingerprint density at radius 1 is 0.811 bits per heavy atom. The summed E-state index contributed by atoms with van der Waals surface area (Å²) in [6, 6.07) is 19.5. The standard InChI is InChI=1S/C30H37N3O3S/c1-22-18-24(3)30(25(4)19-22)37(35,36)33(20-27-11-7-6-8-12-27)21-29(34)32-16-14-31(15-17-32)28-13-9-10-23(2)26(28)5/h6-13,18-19H,14-17,20-21H2,1-5H3. The molecule has 0 N–H and O–H groups in total. The maximum absolute atomic E-state index is 14.0. The molecule has 6 nitrogen and oxygen atoms in total. The molecule has 37 heavy (non-hydrogen) atoms. The van der Waals surface area contributed by atoms with Crippen LogP contribution in [-0.4, -0.2) is 56.3 Å². The van der Waals surface area contributed by atoms with Crippen LogP contribution in [0, 0.1) is 34.6 Å². The Morgan fingerprint density at radius 2 is 1.43 bits per heavy atom. The number of amides is 1. The molecular weight excluding hydrogens is 482 g/mol. The highest BCUT2D eigenvalue weighted by Gasteiger charge is 2.32. The molecule has 1 aliphatic heterocycles. The molecule has 1 heterocycles. The predicted molar refractivity (Wildman–Crippen MR) is 149 cm³/mol. The van der Waals surface area contributed by atoms with Crippen molar-refractivity contribution in [1.29, 1.82) is 0 Å². The van der Waals surface area contributed by atoms with E-state index in [9.17, 15) is 13.2 Å². The Hall–Kier alpha value is -3.16. The maximum atomic E-state index is 14.0. The zero-order valence-electron chi connectivity index (χ0n) is 22.5. The number of carbonyl (C=O) groups is 1. The van der Waals surface area contributed by atoms with Gasteiger partial charge >= 0.3 is 0 Å². The molecule has 0 bridgehead atoms. The van der Waals surface area contributed by atoms with E-state index in [4.69, 9.17) is 0 Å². The third kappa shape index (κ3) is 5.89. The van der Waals surface area contributed by atoms with E-state index in [-0.39, 0.29) is 19.0 Å². The average Bonchev–Trinajstić information content (AvgIpc) is 2.85. The topological polar surface area (TPSA) is 60.9 Å². The van der Waals surface area contributed by atoms with Crippen LogP contribution in [0.2, 0.25) is 0 Å². The van der Waals surface area contributed by atoms with Gasteiger partial charge in [-0.2, -0.15) is 4.31 Å². The van der Waals surface area contributed by atoms with E-state index in [0.717, 1.165) is 24.2 Å². The van der Waals surface area contributed by atoms with Gasteiger partial charge in [-0.15, -0.1) is 0 Å². The maximum Gasteiger partial charge on any atom is 0.244 e. The van der Waals surface area contributed by atoms with E-state index in [2.05, 4.69) is 36.9 Å². The Balaban J connectivity index is 1.55. The molecule has 4 rings (SSSR count). The third-order valence-electron chi connectivity index (χ3n) is 7.27. The first kappa shape index (κ1) is 26.9. The smallest absolute Gasteiger partial charge is 0.244 e. The number of aryl methyl sites for hydroxylation is 4. The van der Waals surface area contributed by atoms with Crippen LogP contribution in [0.25, 0.3) is 0 Å². The first-order valence-corrected chi connectivity index (χ1v) is 14.2. The van der Waals surface area contributed by atoms with Crippen molar-refractivity contribution in [3.8, 4) is 0 Å². The Morgan fingerprint density at radius 3 is 2.05 bits per heavy atom. The highest BCUT2D eigenvalue weighted by Crippen LogP contribution is 2.27. The van der Waals surface area contributed by atoms with Gasteiger partial charge in [0.2, 0.25) is 15.9 Å². The van der Waals surface area contributed by atoms with Gasteiger partial charge in [0.15, 0.2) is 0 Å². The van der Waals surface area contributed by atoms with E-state index < -0.39 is 10.0 Å². The number of carbonyl (C=O) groups excluding carboxylic acids is 1. The van der Waals surface area contributed by atoms with Crippen LogP contribution in [-0.2, 0) is 21.4 Å². The zero-order chi connectivity index (χ0) is 26.7. The second-order valence-electron chi connectivity index (χ2n) is 10.1. The lowest BCUT2D eigenvalue weighted by atomic mass is 10.1. The predicted octanol–water partition coefficient (Wildman–Crippen LogP) is 4.77. The van der Waals surface area contributed by atoms with E-state index in [0.29, 0.717) is 29.1 Å². The summed E-state index contributed by atoms with van der Waals surface area (Å²) >= 11 is 0. The van der Waals surface area contributed by atoms with Crippen LogP contribution in [0.5, 0.6) is 0 Å². The molecule has 0 saturated carbocycles. The molecule has 0 radical (unpaired) electrons. The quantitative estimate of drug-likeness (QED) is 0.451. The van der Waals surface area contributed by atoms with Gasteiger partial charge in [-0.05, 0) is 68.5 Å². The van der Waals surface area contributed by atoms with Crippen LogP contribution < -0.4 is 4.90 Å². The summed E-state index contributed by atoms with van der Waals surface area (Å²) in [6.07, 6.45) is 0. The fourth-order valence-electron chi connectivity index (χ4n) is 5.24. The van der Waals surface area contributed by atoms with Gasteiger partial charge in [0.05, 0.1) is 11.4 Å². The molecule has 1 saturated heterocycles. The minimum absolute atomic E-state index is 0.143. The second-order valence-corrected chi connectivity index (χ2v) is 11.9. The van der Waals surface area contributed by atoms with Crippen LogP contribution in [0.1, 0.15) is 33.4 Å². The van der Waals surface area contributed by atoms with E-state index in [1.165, 1.54) is 21.1 Å². The molecule has 0 unspecified atom stereocenters. The summed E-state index contributed by atoms with van der Waals surface area (Å²) in [4.78, 5) is 17.9. The highest BCUT2D eigenvalue weighted by molar-refractivity contribution is 7.89. The Labute approximate surface area is 221 Å². The number of nitrogens with zero attached hydrogens (tertiary/aromatic N) is 3. The van der Waals surface area contributed by atoms with Crippen molar-refractivity contribution in [2.75, 3.05) is 37.6 Å². The molecule has 7 heteroatoms. The van der Waals surface area contributed by atoms with Crippen molar-refractivity contribution in [2.24, 2.45) is 0 Å². The fraction of sp³-hybridized carbons (Fsp3) is 0.367. The number of rotatable bonds is 7. The second kappa shape index (κ2) is 11.1.